The number of Topliss-reactive ketones (excluding diaryl/α,β-unsaturated/α-hetero) is 1. The predicted octanol–water partition coefficient (Wildman–Crippen LogP) is 3.24. The van der Waals surface area contributed by atoms with Crippen molar-refractivity contribution in [1.82, 2.24) is 4.98 Å². The van der Waals surface area contributed by atoms with E-state index >= 15 is 0 Å². The van der Waals surface area contributed by atoms with Crippen LogP contribution >= 0.6 is 11.6 Å². The van der Waals surface area contributed by atoms with E-state index in [0.717, 1.165) is 5.56 Å². The average Bonchev–Trinajstić information content (AvgIpc) is 2.45. The largest absolute Gasteiger partial charge is 0.481 e. The molecule has 0 saturated heterocycles. The van der Waals surface area contributed by atoms with Crippen molar-refractivity contribution in [2.75, 3.05) is 7.11 Å². The van der Waals surface area contributed by atoms with E-state index in [1.54, 1.807) is 30.5 Å². The van der Waals surface area contributed by atoms with Gasteiger partial charge in [-0.1, -0.05) is 29.8 Å². The molecular formula is C15H13ClFNO2. The molecule has 0 radical (unpaired) electrons. The molecule has 5 heteroatoms. The summed E-state index contributed by atoms with van der Waals surface area (Å²) in [5, 5.41) is 0.00806. The van der Waals surface area contributed by atoms with Crippen molar-refractivity contribution in [3.8, 4) is 5.88 Å². The summed E-state index contributed by atoms with van der Waals surface area (Å²) in [6.45, 7) is 0. The standard InChI is InChI=1S/C15H13ClFNO2/c1-20-14-6-5-10(9-18-14)7-12(19)8-11-3-2-4-13(17)15(11)16/h2-6,9H,7-8H2,1H3. The van der Waals surface area contributed by atoms with Gasteiger partial charge in [0.1, 0.15) is 11.6 Å². The molecule has 0 amide bonds. The number of ketones is 1. The molecule has 104 valence electrons. The Hall–Kier alpha value is -1.94. The molecule has 2 aromatic rings. The number of aromatic nitrogens is 1. The summed E-state index contributed by atoms with van der Waals surface area (Å²) in [5.41, 5.74) is 1.28. The van der Waals surface area contributed by atoms with Gasteiger partial charge in [-0.15, -0.1) is 0 Å². The first kappa shape index (κ1) is 14.5. The quantitative estimate of drug-likeness (QED) is 0.849. The molecule has 0 saturated carbocycles. The second-order valence-corrected chi connectivity index (χ2v) is 4.69. The Bertz CT molecular complexity index is 614. The first-order valence-electron chi connectivity index (χ1n) is 6.03. The molecular weight excluding hydrogens is 281 g/mol. The Morgan fingerprint density at radius 2 is 2.10 bits per heavy atom. The lowest BCUT2D eigenvalue weighted by Crippen LogP contribution is -2.07. The Balaban J connectivity index is 2.03. The van der Waals surface area contributed by atoms with Crippen LogP contribution in [-0.2, 0) is 17.6 Å². The summed E-state index contributed by atoms with van der Waals surface area (Å²) < 4.78 is 18.2. The number of pyridine rings is 1. The lowest BCUT2D eigenvalue weighted by atomic mass is 10.0. The summed E-state index contributed by atoms with van der Waals surface area (Å²) in [6, 6.07) is 7.92. The molecule has 0 atom stereocenters. The van der Waals surface area contributed by atoms with E-state index in [9.17, 15) is 9.18 Å². The molecule has 0 aliphatic rings. The van der Waals surface area contributed by atoms with Crippen molar-refractivity contribution in [3.63, 3.8) is 0 Å². The molecule has 0 aliphatic heterocycles. The molecule has 2 rings (SSSR count). The number of benzene rings is 1. The molecule has 0 unspecified atom stereocenters. The highest BCUT2D eigenvalue weighted by Gasteiger charge is 2.11. The van der Waals surface area contributed by atoms with Crippen LogP contribution in [0.5, 0.6) is 5.88 Å². The van der Waals surface area contributed by atoms with Gasteiger partial charge in [0.15, 0.2) is 0 Å². The molecule has 1 aromatic carbocycles. The van der Waals surface area contributed by atoms with Crippen molar-refractivity contribution < 1.29 is 13.9 Å². The van der Waals surface area contributed by atoms with Crippen molar-refractivity contribution in [1.29, 1.82) is 0 Å². The van der Waals surface area contributed by atoms with E-state index in [1.165, 1.54) is 13.2 Å². The number of hydrogen-bond acceptors (Lipinski definition) is 3. The highest BCUT2D eigenvalue weighted by molar-refractivity contribution is 6.31. The number of carbonyl (C=O) groups excluding carboxylic acids is 1. The third-order valence-electron chi connectivity index (χ3n) is 2.83. The SMILES string of the molecule is COc1ccc(CC(=O)Cc2cccc(F)c2Cl)cn1. The molecule has 20 heavy (non-hydrogen) atoms. The molecule has 1 heterocycles. The maximum atomic E-state index is 13.3. The summed E-state index contributed by atoms with van der Waals surface area (Å²) in [6.07, 6.45) is 1.91. The predicted molar refractivity (Wildman–Crippen MR) is 74.6 cm³/mol. The number of ether oxygens (including phenoxy) is 1. The molecule has 0 fully saturated rings. The second-order valence-electron chi connectivity index (χ2n) is 4.31. The van der Waals surface area contributed by atoms with Gasteiger partial charge < -0.3 is 4.74 Å². The second kappa shape index (κ2) is 6.48. The number of hydrogen-bond donors (Lipinski definition) is 0. The number of carbonyl (C=O) groups is 1. The Morgan fingerprint density at radius 1 is 1.30 bits per heavy atom. The highest BCUT2D eigenvalue weighted by atomic mass is 35.5. The summed E-state index contributed by atoms with van der Waals surface area (Å²) in [4.78, 5) is 16.0. The zero-order valence-corrected chi connectivity index (χ0v) is 11.7. The van der Waals surface area contributed by atoms with Crippen LogP contribution in [0.2, 0.25) is 5.02 Å². The lowest BCUT2D eigenvalue weighted by molar-refractivity contribution is -0.117. The van der Waals surface area contributed by atoms with Gasteiger partial charge in [0.2, 0.25) is 5.88 Å². The zero-order chi connectivity index (χ0) is 14.5. The van der Waals surface area contributed by atoms with E-state index < -0.39 is 5.82 Å². The van der Waals surface area contributed by atoms with Gasteiger partial charge >= 0.3 is 0 Å². The fourth-order valence-electron chi connectivity index (χ4n) is 1.82. The van der Waals surface area contributed by atoms with Crippen LogP contribution < -0.4 is 4.74 Å². The van der Waals surface area contributed by atoms with Crippen LogP contribution in [0.4, 0.5) is 4.39 Å². The first-order valence-corrected chi connectivity index (χ1v) is 6.41. The monoisotopic (exact) mass is 293 g/mol. The Labute approximate surface area is 121 Å². The molecule has 0 aliphatic carbocycles. The number of halogens is 2. The molecule has 0 N–H and O–H groups in total. The van der Waals surface area contributed by atoms with Crippen molar-refractivity contribution >= 4 is 17.4 Å². The minimum Gasteiger partial charge on any atom is -0.481 e. The molecule has 0 bridgehead atoms. The maximum absolute atomic E-state index is 13.3. The van der Waals surface area contributed by atoms with Crippen LogP contribution in [-0.4, -0.2) is 17.9 Å². The topological polar surface area (TPSA) is 39.2 Å². The zero-order valence-electron chi connectivity index (χ0n) is 10.9. The van der Waals surface area contributed by atoms with Gasteiger partial charge in [-0.3, -0.25) is 4.79 Å². The smallest absolute Gasteiger partial charge is 0.212 e. The first-order chi connectivity index (χ1) is 9.60. The summed E-state index contributed by atoms with van der Waals surface area (Å²) in [5.74, 6) is -0.0677. The average molecular weight is 294 g/mol. The van der Waals surface area contributed by atoms with Crippen LogP contribution in [0.25, 0.3) is 0 Å². The third kappa shape index (κ3) is 3.54. The number of rotatable bonds is 5. The Morgan fingerprint density at radius 3 is 2.75 bits per heavy atom. The van der Waals surface area contributed by atoms with Crippen molar-refractivity contribution in [2.24, 2.45) is 0 Å². The third-order valence-corrected chi connectivity index (χ3v) is 3.25. The van der Waals surface area contributed by atoms with E-state index in [1.807, 2.05) is 0 Å². The number of nitrogens with zero attached hydrogens (tertiary/aromatic N) is 1. The van der Waals surface area contributed by atoms with Crippen LogP contribution in [0, 0.1) is 5.82 Å². The van der Waals surface area contributed by atoms with Gasteiger partial charge in [-0.2, -0.15) is 0 Å². The van der Waals surface area contributed by atoms with E-state index in [2.05, 4.69) is 4.98 Å². The van der Waals surface area contributed by atoms with E-state index in [-0.39, 0.29) is 23.6 Å². The molecule has 1 aromatic heterocycles. The number of methoxy groups -OCH3 is 1. The van der Waals surface area contributed by atoms with Crippen LogP contribution in [0.15, 0.2) is 36.5 Å². The summed E-state index contributed by atoms with van der Waals surface area (Å²) >= 11 is 5.82. The van der Waals surface area contributed by atoms with E-state index in [0.29, 0.717) is 11.4 Å². The van der Waals surface area contributed by atoms with Gasteiger partial charge in [-0.05, 0) is 17.2 Å². The van der Waals surface area contributed by atoms with E-state index in [4.69, 9.17) is 16.3 Å². The maximum Gasteiger partial charge on any atom is 0.212 e. The van der Waals surface area contributed by atoms with Crippen molar-refractivity contribution in [2.45, 2.75) is 12.8 Å². The fraction of sp³-hybridized carbons (Fsp3) is 0.200. The normalized spacial score (nSPS) is 10.3. The fourth-order valence-corrected chi connectivity index (χ4v) is 2.02. The highest BCUT2D eigenvalue weighted by Crippen LogP contribution is 2.20. The minimum absolute atomic E-state index is 0.00806. The summed E-state index contributed by atoms with van der Waals surface area (Å²) in [7, 11) is 1.53. The molecule has 0 spiro atoms. The molecule has 3 nitrogen and oxygen atoms in total. The van der Waals surface area contributed by atoms with Crippen LogP contribution in [0.3, 0.4) is 0 Å². The van der Waals surface area contributed by atoms with Crippen molar-refractivity contribution in [3.05, 3.63) is 58.5 Å². The Kier molecular flexibility index (Phi) is 4.69. The minimum atomic E-state index is -0.511. The van der Waals surface area contributed by atoms with Gasteiger partial charge in [-0.25, -0.2) is 9.37 Å². The lowest BCUT2D eigenvalue weighted by Gasteiger charge is -2.05. The van der Waals surface area contributed by atoms with Crippen LogP contribution in [0.1, 0.15) is 11.1 Å². The van der Waals surface area contributed by atoms with Gasteiger partial charge in [0.05, 0.1) is 12.1 Å². The van der Waals surface area contributed by atoms with Gasteiger partial charge in [0.25, 0.3) is 0 Å². The van der Waals surface area contributed by atoms with Gasteiger partial charge in [0, 0.05) is 25.1 Å².